The maximum Gasteiger partial charge on any atom is 0.259 e. The van der Waals surface area contributed by atoms with E-state index in [0.29, 0.717) is 33.1 Å². The van der Waals surface area contributed by atoms with Crippen molar-refractivity contribution in [3.05, 3.63) is 0 Å². The molecule has 1 rings (SSSR count). The minimum atomic E-state index is -1.28. The molecule has 4 atom stereocenters. The molecule has 1 saturated heterocycles. The van der Waals surface area contributed by atoms with Crippen LogP contribution in [0.3, 0.4) is 0 Å². The number of rotatable bonds is 10. The van der Waals surface area contributed by atoms with Gasteiger partial charge in [-0.1, -0.05) is 6.90 Å². The first-order valence-corrected chi connectivity index (χ1v) is 9.44. The van der Waals surface area contributed by atoms with E-state index in [9.17, 15) is 0 Å². The zero-order valence-electron chi connectivity index (χ0n) is 16.0. The second kappa shape index (κ2) is 10.6. The lowest BCUT2D eigenvalue weighted by molar-refractivity contribution is 0.0526. The number of ether oxygens (including phenoxy) is 1. The van der Waals surface area contributed by atoms with Crippen molar-refractivity contribution >= 4 is 8.53 Å². The van der Waals surface area contributed by atoms with E-state index in [0.717, 1.165) is 0 Å². The highest BCUT2D eigenvalue weighted by Gasteiger charge is 2.39. The third-order valence-corrected chi connectivity index (χ3v) is 5.81. The summed E-state index contributed by atoms with van der Waals surface area (Å²) in [5, 5.41) is 12.1. The monoisotopic (exact) mass is 347 g/mol. The zero-order chi connectivity index (χ0) is 18.1. The van der Waals surface area contributed by atoms with Crippen molar-refractivity contribution in [1.29, 1.82) is 5.26 Å². The number of nitrogens with one attached hydrogen (secondary N) is 1. The van der Waals surface area contributed by atoms with Crippen molar-refractivity contribution in [1.82, 2.24) is 9.99 Å². The summed E-state index contributed by atoms with van der Waals surface area (Å²) in [5.41, 5.74) is 0. The molecule has 1 fully saturated rings. The average Bonchev–Trinajstić information content (AvgIpc) is 2.85. The highest BCUT2D eigenvalue weighted by Crippen LogP contribution is 2.48. The molecule has 134 valence electrons. The molecule has 0 aliphatic carbocycles. The van der Waals surface area contributed by atoms with E-state index in [1.54, 1.807) is 0 Å². The number of hydrogen-bond acceptors (Lipinski definition) is 6. The predicted molar refractivity (Wildman–Crippen MR) is 93.0 cm³/mol. The summed E-state index contributed by atoms with van der Waals surface area (Å²) < 4.78 is 27.6. The number of nitriles is 1. The van der Waals surface area contributed by atoms with Gasteiger partial charge in [-0.05, 0) is 41.2 Å². The van der Waals surface area contributed by atoms with Crippen LogP contribution in [0.5, 0.6) is 0 Å². The van der Waals surface area contributed by atoms with E-state index in [1.165, 1.54) is 0 Å². The molecule has 1 N–H and O–H groups in total. The summed E-state index contributed by atoms with van der Waals surface area (Å²) in [7, 11) is -1.28. The topological polar surface area (TPSA) is 66.8 Å². The van der Waals surface area contributed by atoms with Crippen LogP contribution in [-0.2, 0) is 13.8 Å². The van der Waals surface area contributed by atoms with Crippen LogP contribution in [0.15, 0.2) is 0 Å². The Morgan fingerprint density at radius 3 is 2.70 bits per heavy atom. The standard InChI is InChI=1S/C16H32N3O3P/c1-7-18-15-11-20-14(6)16(15)22-23(21-10-8-9-17)19(12(2)3)13(4)5/h12-16,18H,7-8,10-11H2,1-6H3/t14?,15-,16+,23?/m0/s1/i1T. The van der Waals surface area contributed by atoms with Gasteiger partial charge in [-0.2, -0.15) is 5.26 Å². The Labute approximate surface area is 143 Å². The number of hydrogen-bond donors (Lipinski definition) is 1. The molecule has 0 aromatic rings. The summed E-state index contributed by atoms with van der Waals surface area (Å²) in [6, 6.07) is 2.73. The van der Waals surface area contributed by atoms with Gasteiger partial charge < -0.3 is 19.1 Å². The Kier molecular flexibility index (Phi) is 8.74. The predicted octanol–water partition coefficient (Wildman–Crippen LogP) is 3.04. The van der Waals surface area contributed by atoms with Gasteiger partial charge in [0.2, 0.25) is 0 Å². The molecule has 0 spiro atoms. The smallest absolute Gasteiger partial charge is 0.259 e. The first-order valence-electron chi connectivity index (χ1n) is 9.02. The number of likely N-dealkylation sites (N-methyl/N-ethyl adjacent to an activating group) is 1. The average molecular weight is 347 g/mol. The summed E-state index contributed by atoms with van der Waals surface area (Å²) in [6.07, 6.45) is 0.201. The molecule has 1 aliphatic heterocycles. The molecule has 7 heteroatoms. The lowest BCUT2D eigenvalue weighted by Crippen LogP contribution is -2.43. The van der Waals surface area contributed by atoms with Crippen LogP contribution in [0.1, 0.15) is 49.3 Å². The van der Waals surface area contributed by atoms with E-state index < -0.39 is 8.53 Å². The molecule has 0 saturated carbocycles. The Morgan fingerprint density at radius 1 is 1.43 bits per heavy atom. The maximum absolute atomic E-state index is 8.78. The van der Waals surface area contributed by atoms with Crippen molar-refractivity contribution in [3.8, 4) is 6.07 Å². The molecule has 23 heavy (non-hydrogen) atoms. The molecule has 0 aromatic carbocycles. The first kappa shape index (κ1) is 19.1. The van der Waals surface area contributed by atoms with Crippen molar-refractivity contribution in [2.75, 3.05) is 19.8 Å². The molecule has 0 bridgehead atoms. The highest BCUT2D eigenvalue weighted by molar-refractivity contribution is 7.44. The first-order chi connectivity index (χ1) is 11.4. The third-order valence-electron chi connectivity index (χ3n) is 3.68. The summed E-state index contributed by atoms with van der Waals surface area (Å²) in [5.74, 6) is 0. The van der Waals surface area contributed by atoms with Gasteiger partial charge in [0.25, 0.3) is 8.53 Å². The lowest BCUT2D eigenvalue weighted by atomic mass is 10.1. The minimum Gasteiger partial charge on any atom is -0.374 e. The zero-order valence-corrected chi connectivity index (χ0v) is 15.9. The number of nitrogens with zero attached hydrogens (tertiary/aromatic N) is 2. The second-order valence-electron chi connectivity index (χ2n) is 6.22. The third kappa shape index (κ3) is 6.26. The van der Waals surface area contributed by atoms with Crippen molar-refractivity contribution < 1.29 is 15.2 Å². The van der Waals surface area contributed by atoms with Crippen LogP contribution in [0.4, 0.5) is 0 Å². The largest absolute Gasteiger partial charge is 0.374 e. The fraction of sp³-hybridized carbons (Fsp3) is 0.938. The van der Waals surface area contributed by atoms with Gasteiger partial charge in [0.05, 0.1) is 37.8 Å². The fourth-order valence-electron chi connectivity index (χ4n) is 2.69. The van der Waals surface area contributed by atoms with Gasteiger partial charge in [-0.3, -0.25) is 0 Å². The van der Waals surface area contributed by atoms with E-state index in [2.05, 4.69) is 43.8 Å². The molecule has 1 heterocycles. The van der Waals surface area contributed by atoms with Gasteiger partial charge in [-0.25, -0.2) is 4.67 Å². The maximum atomic E-state index is 8.78. The van der Waals surface area contributed by atoms with Crippen LogP contribution in [0, 0.1) is 11.3 Å². The van der Waals surface area contributed by atoms with E-state index in [4.69, 9.17) is 20.4 Å². The summed E-state index contributed by atoms with van der Waals surface area (Å²) >= 11 is 0. The quantitative estimate of drug-likeness (QED) is 0.484. The van der Waals surface area contributed by atoms with Crippen LogP contribution in [0.2, 0.25) is 0 Å². The molecule has 0 aromatic heterocycles. The van der Waals surface area contributed by atoms with E-state index in [-0.39, 0.29) is 30.3 Å². The normalized spacial score (nSPS) is 26.7. The Balaban J connectivity index is 2.82. The molecule has 6 nitrogen and oxygen atoms in total. The van der Waals surface area contributed by atoms with E-state index >= 15 is 0 Å². The molecule has 2 unspecified atom stereocenters. The van der Waals surface area contributed by atoms with Crippen molar-refractivity contribution in [2.45, 2.75) is 78.3 Å². The van der Waals surface area contributed by atoms with Gasteiger partial charge in [0.15, 0.2) is 0 Å². The van der Waals surface area contributed by atoms with Crippen molar-refractivity contribution in [3.63, 3.8) is 0 Å². The molecule has 1 aliphatic rings. The fourth-order valence-corrected chi connectivity index (χ4v) is 4.52. The second-order valence-corrected chi connectivity index (χ2v) is 7.62. The highest BCUT2D eigenvalue weighted by atomic mass is 31.2. The Hall–Kier alpha value is -0.280. The van der Waals surface area contributed by atoms with Crippen molar-refractivity contribution in [2.24, 2.45) is 0 Å². The van der Waals surface area contributed by atoms with Gasteiger partial charge in [0, 0.05) is 13.5 Å². The summed E-state index contributed by atoms with van der Waals surface area (Å²) in [4.78, 5) is 0. The summed E-state index contributed by atoms with van der Waals surface area (Å²) in [6.45, 7) is 12.4. The van der Waals surface area contributed by atoms with Gasteiger partial charge in [0.1, 0.15) is 6.10 Å². The van der Waals surface area contributed by atoms with Gasteiger partial charge >= 0.3 is 0 Å². The van der Waals surface area contributed by atoms with Crippen LogP contribution in [0.25, 0.3) is 0 Å². The SMILES string of the molecule is [3H]CCN[C@H]1COC(C)[C@H]1OP(OCCC#N)N(C(C)C)C(C)C. The Morgan fingerprint density at radius 2 is 2.13 bits per heavy atom. The van der Waals surface area contributed by atoms with Crippen LogP contribution >= 0.6 is 8.53 Å². The molecule has 0 amide bonds. The Bertz CT molecular complexity index is 387. The molecular weight excluding hydrogens is 313 g/mol. The molecule has 0 radical (unpaired) electrons. The van der Waals surface area contributed by atoms with Crippen LogP contribution in [-0.4, -0.2) is 54.8 Å². The van der Waals surface area contributed by atoms with Gasteiger partial charge in [-0.15, -0.1) is 0 Å². The lowest BCUT2D eigenvalue weighted by Gasteiger charge is -2.38. The molecular formula is C16H32N3O3P. The van der Waals surface area contributed by atoms with Crippen LogP contribution < -0.4 is 5.32 Å². The van der Waals surface area contributed by atoms with E-state index in [1.807, 2.05) is 6.92 Å². The minimum absolute atomic E-state index is 0.0287.